The van der Waals surface area contributed by atoms with Crippen LogP contribution in [0.2, 0.25) is 5.02 Å². The Labute approximate surface area is 187 Å². The summed E-state index contributed by atoms with van der Waals surface area (Å²) in [4.78, 5) is 6.54. The molecule has 1 atom stereocenters. The molecular weight excluding hydrogens is 414 g/mol. The number of nitrogens with one attached hydrogen (secondary N) is 1. The molecule has 1 heterocycles. The molecule has 0 spiro atoms. The number of likely N-dealkylation sites (tertiary alicyclic amines) is 1. The Hall–Kier alpha value is -3.08. The van der Waals surface area contributed by atoms with Crippen molar-refractivity contribution in [2.45, 2.75) is 25.4 Å². The molecule has 0 aromatic heterocycles. The second kappa shape index (κ2) is 10.3. The number of methoxy groups -OCH3 is 2. The highest BCUT2D eigenvalue weighted by molar-refractivity contribution is 6.32. The SMILES string of the molecule is COC[C@@H]1CCCN1C(=N)c1ccc(C#N)cc1C(N)=NCc1ccc(OC)c(Cl)c1. The van der Waals surface area contributed by atoms with E-state index in [0.29, 0.717) is 46.4 Å². The Morgan fingerprint density at radius 2 is 2.10 bits per heavy atom. The summed E-state index contributed by atoms with van der Waals surface area (Å²) in [6, 6.07) is 12.9. The lowest BCUT2D eigenvalue weighted by molar-refractivity contribution is 0.145. The second-order valence-electron chi connectivity index (χ2n) is 7.34. The Bertz CT molecular complexity index is 1030. The lowest BCUT2D eigenvalue weighted by Crippen LogP contribution is -2.39. The summed E-state index contributed by atoms with van der Waals surface area (Å²) in [7, 11) is 3.23. The van der Waals surface area contributed by atoms with E-state index in [2.05, 4.69) is 11.1 Å². The number of ether oxygens (including phenoxy) is 2. The molecule has 162 valence electrons. The average Bonchev–Trinajstić information content (AvgIpc) is 3.25. The van der Waals surface area contributed by atoms with Crippen LogP contribution < -0.4 is 10.5 Å². The van der Waals surface area contributed by atoms with E-state index in [9.17, 15) is 5.26 Å². The molecule has 1 saturated heterocycles. The topological polar surface area (TPSA) is 108 Å². The third-order valence-electron chi connectivity index (χ3n) is 5.35. The number of nitriles is 1. The van der Waals surface area contributed by atoms with Crippen LogP contribution >= 0.6 is 11.6 Å². The van der Waals surface area contributed by atoms with Crippen LogP contribution in [0.5, 0.6) is 5.75 Å². The minimum Gasteiger partial charge on any atom is -0.495 e. The van der Waals surface area contributed by atoms with E-state index in [1.165, 1.54) is 0 Å². The summed E-state index contributed by atoms with van der Waals surface area (Å²) in [5.74, 6) is 1.23. The molecule has 1 aliphatic rings. The highest BCUT2D eigenvalue weighted by Crippen LogP contribution is 2.26. The van der Waals surface area contributed by atoms with Gasteiger partial charge in [-0.1, -0.05) is 17.7 Å². The maximum Gasteiger partial charge on any atom is 0.137 e. The van der Waals surface area contributed by atoms with Gasteiger partial charge < -0.3 is 20.1 Å². The Kier molecular flexibility index (Phi) is 7.50. The standard InChI is InChI=1S/C23H26ClN5O2/c1-30-14-17-4-3-9-29(17)23(27)18-7-5-15(12-25)10-19(18)22(26)28-13-16-6-8-21(31-2)20(24)11-16/h5-8,10-11,17,27H,3-4,9,13-14H2,1-2H3,(H2,26,28)/t17-/m0/s1. The quantitative estimate of drug-likeness (QED) is 0.506. The zero-order valence-electron chi connectivity index (χ0n) is 17.7. The fourth-order valence-corrected chi connectivity index (χ4v) is 4.03. The first-order valence-electron chi connectivity index (χ1n) is 9.99. The maximum absolute atomic E-state index is 9.35. The van der Waals surface area contributed by atoms with Crippen LogP contribution in [0, 0.1) is 16.7 Å². The van der Waals surface area contributed by atoms with Gasteiger partial charge in [-0.15, -0.1) is 0 Å². The van der Waals surface area contributed by atoms with E-state index in [1.807, 2.05) is 11.0 Å². The summed E-state index contributed by atoms with van der Waals surface area (Å²) >= 11 is 6.20. The van der Waals surface area contributed by atoms with Crippen molar-refractivity contribution in [2.75, 3.05) is 27.4 Å². The fourth-order valence-electron chi connectivity index (χ4n) is 3.75. The number of hydrogen-bond acceptors (Lipinski definition) is 5. The van der Waals surface area contributed by atoms with Gasteiger partial charge in [0.1, 0.15) is 17.4 Å². The van der Waals surface area contributed by atoms with Gasteiger partial charge in [0.2, 0.25) is 0 Å². The van der Waals surface area contributed by atoms with Gasteiger partial charge in [-0.25, -0.2) is 0 Å². The minimum atomic E-state index is 0.153. The van der Waals surface area contributed by atoms with Gasteiger partial charge in [0.05, 0.1) is 43.0 Å². The number of hydrogen-bond donors (Lipinski definition) is 2. The van der Waals surface area contributed by atoms with Crippen LogP contribution in [-0.2, 0) is 11.3 Å². The first kappa shape index (κ1) is 22.6. The molecule has 2 aromatic carbocycles. The smallest absolute Gasteiger partial charge is 0.137 e. The van der Waals surface area contributed by atoms with Crippen molar-refractivity contribution >= 4 is 23.3 Å². The van der Waals surface area contributed by atoms with Gasteiger partial charge in [-0.2, -0.15) is 5.26 Å². The van der Waals surface area contributed by atoms with Gasteiger partial charge in [-0.3, -0.25) is 10.4 Å². The second-order valence-corrected chi connectivity index (χ2v) is 7.74. The number of halogens is 1. The van der Waals surface area contributed by atoms with Gasteiger partial charge in [0.15, 0.2) is 0 Å². The summed E-state index contributed by atoms with van der Waals surface area (Å²) < 4.78 is 10.5. The molecular formula is C23H26ClN5O2. The first-order valence-corrected chi connectivity index (χ1v) is 10.4. The minimum absolute atomic E-state index is 0.153. The predicted molar refractivity (Wildman–Crippen MR) is 122 cm³/mol. The summed E-state index contributed by atoms with van der Waals surface area (Å²) in [6.07, 6.45) is 1.98. The fraction of sp³-hybridized carbons (Fsp3) is 0.348. The molecule has 1 aliphatic heterocycles. The van der Waals surface area contributed by atoms with E-state index >= 15 is 0 Å². The van der Waals surface area contributed by atoms with E-state index in [-0.39, 0.29) is 11.9 Å². The molecule has 31 heavy (non-hydrogen) atoms. The highest BCUT2D eigenvalue weighted by Gasteiger charge is 2.28. The number of nitrogens with two attached hydrogens (primary N) is 1. The number of nitrogens with zero attached hydrogens (tertiary/aromatic N) is 3. The number of benzene rings is 2. The molecule has 3 N–H and O–H groups in total. The Morgan fingerprint density at radius 3 is 2.77 bits per heavy atom. The van der Waals surface area contributed by atoms with Crippen molar-refractivity contribution < 1.29 is 9.47 Å². The van der Waals surface area contributed by atoms with E-state index in [4.69, 9.17) is 32.2 Å². The molecule has 0 aliphatic carbocycles. The van der Waals surface area contributed by atoms with Crippen LogP contribution in [0.3, 0.4) is 0 Å². The van der Waals surface area contributed by atoms with Crippen molar-refractivity contribution in [1.82, 2.24) is 4.90 Å². The number of aliphatic imine (C=N–C) groups is 1. The lowest BCUT2D eigenvalue weighted by Gasteiger charge is -2.27. The van der Waals surface area contributed by atoms with Crippen molar-refractivity contribution in [1.29, 1.82) is 10.7 Å². The van der Waals surface area contributed by atoms with Crippen molar-refractivity contribution in [3.05, 3.63) is 63.7 Å². The van der Waals surface area contributed by atoms with Crippen LogP contribution in [0.1, 0.15) is 35.1 Å². The number of rotatable bonds is 7. The largest absolute Gasteiger partial charge is 0.495 e. The van der Waals surface area contributed by atoms with E-state index < -0.39 is 0 Å². The molecule has 0 unspecified atom stereocenters. The van der Waals surface area contributed by atoms with Crippen molar-refractivity contribution in [3.8, 4) is 11.8 Å². The van der Waals surface area contributed by atoms with Crippen LogP contribution in [0.4, 0.5) is 0 Å². The van der Waals surface area contributed by atoms with Crippen LogP contribution in [0.15, 0.2) is 41.4 Å². The summed E-state index contributed by atoms with van der Waals surface area (Å²) in [5, 5.41) is 18.7. The average molecular weight is 440 g/mol. The Morgan fingerprint density at radius 1 is 1.29 bits per heavy atom. The van der Waals surface area contributed by atoms with Crippen LogP contribution in [0.25, 0.3) is 0 Å². The zero-order chi connectivity index (χ0) is 22.4. The maximum atomic E-state index is 9.35. The molecule has 0 amide bonds. The third-order valence-corrected chi connectivity index (χ3v) is 5.65. The van der Waals surface area contributed by atoms with Gasteiger partial charge in [0, 0.05) is 24.8 Å². The van der Waals surface area contributed by atoms with E-state index in [1.54, 1.807) is 44.6 Å². The predicted octanol–water partition coefficient (Wildman–Crippen LogP) is 3.56. The summed E-state index contributed by atoms with van der Waals surface area (Å²) in [5.41, 5.74) is 8.90. The normalized spacial score (nSPS) is 16.3. The highest BCUT2D eigenvalue weighted by atomic mass is 35.5. The van der Waals surface area contributed by atoms with Gasteiger partial charge >= 0.3 is 0 Å². The number of amidine groups is 2. The Balaban J connectivity index is 1.90. The molecule has 0 radical (unpaired) electrons. The molecule has 0 bridgehead atoms. The van der Waals surface area contributed by atoms with Crippen molar-refractivity contribution in [3.63, 3.8) is 0 Å². The summed E-state index contributed by atoms with van der Waals surface area (Å²) in [6.45, 7) is 1.67. The lowest BCUT2D eigenvalue weighted by atomic mass is 10.0. The van der Waals surface area contributed by atoms with Crippen LogP contribution in [-0.4, -0.2) is 50.0 Å². The molecule has 7 nitrogen and oxygen atoms in total. The van der Waals surface area contributed by atoms with Gasteiger partial charge in [0.25, 0.3) is 0 Å². The molecule has 1 fully saturated rings. The molecule has 2 aromatic rings. The molecule has 3 rings (SSSR count). The van der Waals surface area contributed by atoms with Gasteiger partial charge in [-0.05, 0) is 48.7 Å². The monoisotopic (exact) mass is 439 g/mol. The first-order chi connectivity index (χ1) is 15.0. The zero-order valence-corrected chi connectivity index (χ0v) is 18.4. The van der Waals surface area contributed by atoms with E-state index in [0.717, 1.165) is 24.9 Å². The molecule has 8 heteroatoms. The third kappa shape index (κ3) is 5.16. The molecule has 0 saturated carbocycles. The van der Waals surface area contributed by atoms with Crippen molar-refractivity contribution in [2.24, 2.45) is 10.7 Å².